The van der Waals surface area contributed by atoms with Crippen molar-refractivity contribution in [3.63, 3.8) is 0 Å². The number of nitrogens with zero attached hydrogens (tertiary/aromatic N) is 4. The molecule has 5 rings (SSSR count). The fraction of sp³-hybridized carbons (Fsp3) is 0.486. The van der Waals surface area contributed by atoms with Gasteiger partial charge in [0.15, 0.2) is 0 Å². The van der Waals surface area contributed by atoms with Gasteiger partial charge in [-0.25, -0.2) is 17.9 Å². The summed E-state index contributed by atoms with van der Waals surface area (Å²) in [6, 6.07) is 14.0. The fourth-order valence-electron chi connectivity index (χ4n) is 6.13. The number of hydrogen-bond donors (Lipinski definition) is 3. The summed E-state index contributed by atoms with van der Waals surface area (Å²) in [5.41, 5.74) is 1.12. The van der Waals surface area contributed by atoms with E-state index in [0.29, 0.717) is 24.1 Å². The molecule has 3 N–H and O–H groups in total. The van der Waals surface area contributed by atoms with Crippen LogP contribution in [-0.2, 0) is 45.2 Å². The zero-order valence-corrected chi connectivity index (χ0v) is 31.3. The highest BCUT2D eigenvalue weighted by molar-refractivity contribution is 7.90. The van der Waals surface area contributed by atoms with Crippen molar-refractivity contribution in [2.45, 2.75) is 102 Å². The molecule has 1 saturated heterocycles. The summed E-state index contributed by atoms with van der Waals surface area (Å²) >= 11 is 0. The number of esters is 1. The van der Waals surface area contributed by atoms with Crippen LogP contribution in [0.15, 0.2) is 66.9 Å². The molecule has 16 heteroatoms. The molecule has 284 valence electrons. The van der Waals surface area contributed by atoms with Gasteiger partial charge < -0.3 is 20.3 Å². The summed E-state index contributed by atoms with van der Waals surface area (Å²) < 4.78 is 34.4. The summed E-state index contributed by atoms with van der Waals surface area (Å²) in [6.45, 7) is 8.52. The molecule has 2 fully saturated rings. The standard InChI is InChI=1S/C37H47N7O8S/c1-23(2)18-29(39-34(47)36(49)52-37(3,4)5)35(48)43-21-26(44-22-30(40-42-44)25-14-10-7-11-15-25)20-31(43)33(46)38-28(19-24-12-8-6-9-13-24)32(45)41-53(50,51)27-16-17-27/h6-15,22-23,26-29,31H,16-21H2,1-5H3,(H,38,46)(H,39,47)(H,41,45)/t26-,28+,29-,31-/m0/s1. The van der Waals surface area contributed by atoms with E-state index in [1.54, 1.807) is 62.0 Å². The number of carbonyl (C=O) groups excluding carboxylic acids is 5. The zero-order valence-electron chi connectivity index (χ0n) is 30.5. The van der Waals surface area contributed by atoms with Crippen LogP contribution in [-0.4, -0.2) is 93.4 Å². The number of benzene rings is 2. The van der Waals surface area contributed by atoms with E-state index in [4.69, 9.17) is 4.74 Å². The quantitative estimate of drug-likeness (QED) is 0.172. The first kappa shape index (κ1) is 39.1. The Balaban J connectivity index is 1.44. The van der Waals surface area contributed by atoms with E-state index in [1.807, 2.05) is 44.2 Å². The lowest BCUT2D eigenvalue weighted by Crippen LogP contribution is -2.57. The van der Waals surface area contributed by atoms with Crippen molar-refractivity contribution in [2.24, 2.45) is 5.92 Å². The average molecular weight is 750 g/mol. The fourth-order valence-corrected chi connectivity index (χ4v) is 7.47. The number of amides is 4. The number of likely N-dealkylation sites (tertiary alicyclic amines) is 1. The molecule has 2 heterocycles. The van der Waals surface area contributed by atoms with E-state index in [-0.39, 0.29) is 31.7 Å². The third-order valence-electron chi connectivity index (χ3n) is 8.84. The van der Waals surface area contributed by atoms with Gasteiger partial charge in [-0.2, -0.15) is 0 Å². The van der Waals surface area contributed by atoms with Gasteiger partial charge in [0.1, 0.15) is 29.4 Å². The lowest BCUT2D eigenvalue weighted by atomic mass is 10.0. The number of ether oxygens (including phenoxy) is 1. The van der Waals surface area contributed by atoms with Gasteiger partial charge in [0.25, 0.3) is 5.91 Å². The van der Waals surface area contributed by atoms with Crippen molar-refractivity contribution in [3.05, 3.63) is 72.4 Å². The maximum Gasteiger partial charge on any atom is 0.397 e. The van der Waals surface area contributed by atoms with Crippen LogP contribution in [0.25, 0.3) is 11.3 Å². The van der Waals surface area contributed by atoms with Crippen molar-refractivity contribution >= 4 is 39.6 Å². The molecule has 15 nitrogen and oxygen atoms in total. The number of aromatic nitrogens is 3. The Morgan fingerprint density at radius 2 is 1.57 bits per heavy atom. The molecule has 0 spiro atoms. The summed E-state index contributed by atoms with van der Waals surface area (Å²) in [5.74, 6) is -4.58. The first-order chi connectivity index (χ1) is 25.0. The highest BCUT2D eigenvalue weighted by Gasteiger charge is 2.45. The number of nitrogens with one attached hydrogen (secondary N) is 3. The van der Waals surface area contributed by atoms with E-state index in [0.717, 1.165) is 5.56 Å². The molecule has 1 aromatic heterocycles. The van der Waals surface area contributed by atoms with Crippen LogP contribution >= 0.6 is 0 Å². The van der Waals surface area contributed by atoms with Crippen LogP contribution in [0.4, 0.5) is 0 Å². The Bertz CT molecular complexity index is 1910. The lowest BCUT2D eigenvalue weighted by Gasteiger charge is -2.30. The molecular weight excluding hydrogens is 703 g/mol. The van der Waals surface area contributed by atoms with Crippen LogP contribution in [0, 0.1) is 5.92 Å². The Hall–Kier alpha value is -5.12. The smallest absolute Gasteiger partial charge is 0.397 e. The number of sulfonamides is 1. The Kier molecular flexibility index (Phi) is 12.0. The first-order valence-corrected chi connectivity index (χ1v) is 19.3. The number of carbonyl (C=O) groups is 5. The SMILES string of the molecule is CC(C)C[C@H](NC(=O)C(=O)OC(C)(C)C)C(=O)N1C[C@@H](n2cc(-c3ccccc3)nn2)C[C@H]1C(=O)N[C@H](Cc1ccccc1)C(=O)NS(=O)(=O)C1CC1. The molecular formula is C37H47N7O8S. The number of rotatable bonds is 13. The van der Waals surface area contributed by atoms with Gasteiger partial charge in [0.2, 0.25) is 21.8 Å². The normalized spacial score (nSPS) is 18.6. The van der Waals surface area contributed by atoms with Gasteiger partial charge >= 0.3 is 11.9 Å². The first-order valence-electron chi connectivity index (χ1n) is 17.7. The van der Waals surface area contributed by atoms with Crippen molar-refractivity contribution in [1.82, 2.24) is 35.2 Å². The highest BCUT2D eigenvalue weighted by atomic mass is 32.2. The van der Waals surface area contributed by atoms with Crippen LogP contribution in [0.3, 0.4) is 0 Å². The molecule has 2 aliphatic rings. The molecule has 1 aliphatic carbocycles. The largest absolute Gasteiger partial charge is 0.453 e. The summed E-state index contributed by atoms with van der Waals surface area (Å²) in [5, 5.41) is 13.2. The van der Waals surface area contributed by atoms with Crippen LogP contribution in [0.2, 0.25) is 0 Å². The van der Waals surface area contributed by atoms with E-state index in [2.05, 4.69) is 25.7 Å². The summed E-state index contributed by atoms with van der Waals surface area (Å²) in [4.78, 5) is 69.1. The molecule has 0 radical (unpaired) electrons. The van der Waals surface area contributed by atoms with Crippen molar-refractivity contribution in [2.75, 3.05) is 6.54 Å². The average Bonchev–Trinajstić information content (AvgIpc) is 3.69. The minimum absolute atomic E-state index is 0.0168. The maximum atomic E-state index is 14.4. The van der Waals surface area contributed by atoms with Crippen LogP contribution in [0.5, 0.6) is 0 Å². The molecule has 0 bridgehead atoms. The number of hydrogen-bond acceptors (Lipinski definition) is 10. The van der Waals surface area contributed by atoms with Gasteiger partial charge in [-0.3, -0.25) is 23.9 Å². The Morgan fingerprint density at radius 1 is 0.925 bits per heavy atom. The van der Waals surface area contributed by atoms with E-state index < -0.39 is 74.6 Å². The van der Waals surface area contributed by atoms with Crippen LogP contribution in [0.1, 0.15) is 71.9 Å². The molecule has 0 unspecified atom stereocenters. The van der Waals surface area contributed by atoms with Crippen molar-refractivity contribution in [1.29, 1.82) is 0 Å². The van der Waals surface area contributed by atoms with Gasteiger partial charge in [0.05, 0.1) is 17.5 Å². The minimum atomic E-state index is -3.93. The van der Waals surface area contributed by atoms with Gasteiger partial charge in [-0.05, 0) is 51.5 Å². The Labute approximate surface area is 309 Å². The summed E-state index contributed by atoms with van der Waals surface area (Å²) in [6.07, 6.45) is 2.78. The predicted molar refractivity (Wildman–Crippen MR) is 194 cm³/mol. The molecule has 1 aliphatic heterocycles. The third-order valence-corrected chi connectivity index (χ3v) is 10.7. The molecule has 4 amide bonds. The van der Waals surface area contributed by atoms with Gasteiger partial charge in [0, 0.05) is 24.9 Å². The molecule has 2 aromatic carbocycles. The van der Waals surface area contributed by atoms with Gasteiger partial charge in [-0.1, -0.05) is 79.7 Å². The van der Waals surface area contributed by atoms with E-state index >= 15 is 0 Å². The van der Waals surface area contributed by atoms with Crippen molar-refractivity contribution in [3.8, 4) is 11.3 Å². The lowest BCUT2D eigenvalue weighted by molar-refractivity contribution is -0.164. The third kappa shape index (κ3) is 10.5. The monoisotopic (exact) mass is 749 g/mol. The second-order valence-electron chi connectivity index (χ2n) is 15.0. The van der Waals surface area contributed by atoms with Gasteiger partial charge in [-0.15, -0.1) is 5.10 Å². The maximum absolute atomic E-state index is 14.4. The topological polar surface area (TPSA) is 199 Å². The molecule has 53 heavy (non-hydrogen) atoms. The Morgan fingerprint density at radius 3 is 2.17 bits per heavy atom. The zero-order chi connectivity index (χ0) is 38.5. The minimum Gasteiger partial charge on any atom is -0.453 e. The van der Waals surface area contributed by atoms with Crippen LogP contribution < -0.4 is 15.4 Å². The summed E-state index contributed by atoms with van der Waals surface area (Å²) in [7, 11) is -3.93. The highest BCUT2D eigenvalue weighted by Crippen LogP contribution is 2.31. The van der Waals surface area contributed by atoms with E-state index in [1.165, 1.54) is 4.90 Å². The predicted octanol–water partition coefficient (Wildman–Crippen LogP) is 2.30. The molecule has 4 atom stereocenters. The van der Waals surface area contributed by atoms with Crippen molar-refractivity contribution < 1.29 is 37.1 Å². The van der Waals surface area contributed by atoms with E-state index in [9.17, 15) is 32.4 Å². The second-order valence-corrected chi connectivity index (χ2v) is 16.9. The second kappa shape index (κ2) is 16.3. The molecule has 1 saturated carbocycles. The molecule has 3 aromatic rings.